The van der Waals surface area contributed by atoms with E-state index in [0.29, 0.717) is 32.5 Å². The summed E-state index contributed by atoms with van der Waals surface area (Å²) in [7, 11) is -3.89. The van der Waals surface area contributed by atoms with E-state index in [1.807, 2.05) is 24.3 Å². The lowest BCUT2D eigenvalue weighted by atomic mass is 9.98. The van der Waals surface area contributed by atoms with Gasteiger partial charge in [0.25, 0.3) is 0 Å². The molecule has 0 heterocycles. The monoisotopic (exact) mass is 673 g/mol. The van der Waals surface area contributed by atoms with Crippen molar-refractivity contribution in [1.29, 1.82) is 0 Å². The van der Waals surface area contributed by atoms with Crippen molar-refractivity contribution in [1.82, 2.24) is 5.32 Å². The molecule has 0 fully saturated rings. The SMILES string of the molecule is C=CCOP(=O)(OCCCOCC[C@@H](CCCCCCC)OC(=O)CC)OCCNC(=O)OCC1c2ccccc2-c2ccccc21. The molecule has 2 atom stereocenters. The topological polar surface area (TPSA) is 119 Å². The first-order valence-corrected chi connectivity index (χ1v) is 18.4. The van der Waals surface area contributed by atoms with E-state index in [1.165, 1.54) is 25.3 Å². The first-order valence-electron chi connectivity index (χ1n) is 16.9. The molecule has 3 rings (SSSR count). The van der Waals surface area contributed by atoms with Crippen molar-refractivity contribution in [3.63, 3.8) is 0 Å². The molecule has 0 radical (unpaired) electrons. The second-order valence-corrected chi connectivity index (χ2v) is 13.0. The van der Waals surface area contributed by atoms with Gasteiger partial charge in [-0.05, 0) is 41.5 Å². The van der Waals surface area contributed by atoms with Gasteiger partial charge in [0.1, 0.15) is 12.7 Å². The van der Waals surface area contributed by atoms with Gasteiger partial charge in [0.2, 0.25) is 0 Å². The van der Waals surface area contributed by atoms with Crippen LogP contribution in [-0.2, 0) is 37.1 Å². The molecule has 260 valence electrons. The van der Waals surface area contributed by atoms with Gasteiger partial charge in [-0.15, -0.1) is 6.58 Å². The number of carbonyl (C=O) groups is 2. The van der Waals surface area contributed by atoms with Crippen LogP contribution in [0, 0.1) is 0 Å². The standard InChI is InChI=1S/C36H52NO9P/c1-4-7-8-9-10-16-29(46-35(38)6-3)21-26-41-24-15-25-44-47(40,43-23-5-2)45-27-22-37-36(39)42-28-34-32-19-13-11-17-30(32)31-18-12-14-20-33(31)34/h5,11-14,17-20,29,34H,2,4,6-10,15-16,21-28H2,1,3H3,(H,37,39)/t29-,47?/m1/s1. The molecular formula is C36H52NO9P. The molecule has 11 heteroatoms. The van der Waals surface area contributed by atoms with Crippen LogP contribution in [0.15, 0.2) is 61.2 Å². The molecule has 0 aliphatic heterocycles. The second-order valence-electron chi connectivity index (χ2n) is 11.4. The highest BCUT2D eigenvalue weighted by atomic mass is 31.2. The van der Waals surface area contributed by atoms with E-state index in [9.17, 15) is 14.2 Å². The Bertz CT molecular complexity index is 1240. The zero-order valence-electron chi connectivity index (χ0n) is 28.0. The summed E-state index contributed by atoms with van der Waals surface area (Å²) in [5.74, 6) is -0.240. The molecule has 0 saturated carbocycles. The number of rotatable bonds is 25. The van der Waals surface area contributed by atoms with Gasteiger partial charge in [-0.25, -0.2) is 9.36 Å². The third-order valence-electron chi connectivity index (χ3n) is 7.80. The minimum absolute atomic E-state index is 0.0239. The molecule has 47 heavy (non-hydrogen) atoms. The third-order valence-corrected chi connectivity index (χ3v) is 9.26. The van der Waals surface area contributed by atoms with Crippen molar-refractivity contribution in [2.75, 3.05) is 46.2 Å². The number of alkyl carbamates (subject to hydrolysis) is 1. The Morgan fingerprint density at radius 2 is 1.53 bits per heavy atom. The van der Waals surface area contributed by atoms with E-state index >= 15 is 0 Å². The first kappa shape index (κ1) is 38.4. The van der Waals surface area contributed by atoms with E-state index in [1.54, 1.807) is 6.92 Å². The second kappa shape index (κ2) is 21.8. The summed E-state index contributed by atoms with van der Waals surface area (Å²) in [5.41, 5.74) is 4.56. The lowest BCUT2D eigenvalue weighted by molar-refractivity contribution is -0.150. The fourth-order valence-electron chi connectivity index (χ4n) is 5.38. The summed E-state index contributed by atoms with van der Waals surface area (Å²) in [6.07, 6.45) is 8.73. The zero-order chi connectivity index (χ0) is 33.7. The van der Waals surface area contributed by atoms with Crippen molar-refractivity contribution >= 4 is 19.9 Å². The molecule has 2 aromatic rings. The van der Waals surface area contributed by atoms with Gasteiger partial charge >= 0.3 is 19.9 Å². The zero-order valence-corrected chi connectivity index (χ0v) is 28.9. The Morgan fingerprint density at radius 1 is 0.851 bits per heavy atom. The van der Waals surface area contributed by atoms with E-state index in [2.05, 4.69) is 43.1 Å². The van der Waals surface area contributed by atoms with Gasteiger partial charge < -0.3 is 19.5 Å². The minimum atomic E-state index is -3.89. The average Bonchev–Trinajstić information content (AvgIpc) is 3.41. The number of benzene rings is 2. The maximum atomic E-state index is 13.1. The fourth-order valence-corrected chi connectivity index (χ4v) is 6.56. The Balaban J connectivity index is 1.32. The maximum absolute atomic E-state index is 13.1. The number of carbonyl (C=O) groups excluding carboxylic acids is 2. The number of ether oxygens (including phenoxy) is 3. The molecule has 1 N–H and O–H groups in total. The first-order chi connectivity index (χ1) is 22.9. The number of phosphoric acid groups is 1. The predicted molar refractivity (Wildman–Crippen MR) is 182 cm³/mol. The molecule has 0 bridgehead atoms. The molecule has 1 aliphatic carbocycles. The van der Waals surface area contributed by atoms with Crippen molar-refractivity contribution in [3.8, 4) is 11.1 Å². The Kier molecular flexibility index (Phi) is 17.8. The molecule has 0 spiro atoms. The van der Waals surface area contributed by atoms with Crippen molar-refractivity contribution in [2.24, 2.45) is 0 Å². The summed E-state index contributed by atoms with van der Waals surface area (Å²) < 4.78 is 46.1. The van der Waals surface area contributed by atoms with Gasteiger partial charge in [0, 0.05) is 31.9 Å². The number of hydrogen-bond donors (Lipinski definition) is 1. The smallest absolute Gasteiger partial charge is 0.462 e. The van der Waals surface area contributed by atoms with Gasteiger partial charge in [0.15, 0.2) is 0 Å². The number of unbranched alkanes of at least 4 members (excludes halogenated alkanes) is 4. The van der Waals surface area contributed by atoms with Crippen molar-refractivity contribution in [2.45, 2.75) is 83.7 Å². The number of phosphoric ester groups is 1. The van der Waals surface area contributed by atoms with Crippen molar-refractivity contribution in [3.05, 3.63) is 72.3 Å². The number of amides is 1. The highest BCUT2D eigenvalue weighted by molar-refractivity contribution is 7.48. The van der Waals surface area contributed by atoms with Crippen LogP contribution in [0.3, 0.4) is 0 Å². The largest absolute Gasteiger partial charge is 0.475 e. The fraction of sp³-hybridized carbons (Fsp3) is 0.556. The van der Waals surface area contributed by atoms with Crippen LogP contribution in [0.2, 0.25) is 0 Å². The summed E-state index contributed by atoms with van der Waals surface area (Å²) in [6, 6.07) is 16.2. The number of esters is 1. The van der Waals surface area contributed by atoms with Crippen molar-refractivity contribution < 1.29 is 41.9 Å². The van der Waals surface area contributed by atoms with Crippen LogP contribution in [-0.4, -0.2) is 64.4 Å². The summed E-state index contributed by atoms with van der Waals surface area (Å²) in [6.45, 7) is 8.56. The van der Waals surface area contributed by atoms with E-state index in [-0.39, 0.29) is 51.0 Å². The molecule has 0 saturated heterocycles. The van der Waals surface area contributed by atoms with E-state index in [4.69, 9.17) is 27.8 Å². The van der Waals surface area contributed by atoms with E-state index < -0.39 is 13.9 Å². The van der Waals surface area contributed by atoms with Crippen LogP contribution in [0.1, 0.15) is 88.7 Å². The molecule has 1 aliphatic rings. The summed E-state index contributed by atoms with van der Waals surface area (Å²) in [4.78, 5) is 24.3. The molecule has 2 aromatic carbocycles. The summed E-state index contributed by atoms with van der Waals surface area (Å²) in [5, 5.41) is 2.63. The van der Waals surface area contributed by atoms with Crippen LogP contribution in [0.5, 0.6) is 0 Å². The van der Waals surface area contributed by atoms with Gasteiger partial charge in [-0.1, -0.05) is 94.1 Å². The summed E-state index contributed by atoms with van der Waals surface area (Å²) >= 11 is 0. The van der Waals surface area contributed by atoms with Crippen LogP contribution in [0.4, 0.5) is 4.79 Å². The van der Waals surface area contributed by atoms with Crippen LogP contribution < -0.4 is 5.32 Å². The Hall–Kier alpha value is -3.01. The predicted octanol–water partition coefficient (Wildman–Crippen LogP) is 8.35. The van der Waals surface area contributed by atoms with Gasteiger partial charge in [-0.2, -0.15) is 0 Å². The third kappa shape index (κ3) is 13.6. The normalized spacial score (nSPS) is 14.1. The molecule has 10 nitrogen and oxygen atoms in total. The number of hydrogen-bond acceptors (Lipinski definition) is 9. The van der Waals surface area contributed by atoms with Crippen LogP contribution in [0.25, 0.3) is 11.1 Å². The van der Waals surface area contributed by atoms with E-state index in [0.717, 1.165) is 41.5 Å². The lowest BCUT2D eigenvalue weighted by Crippen LogP contribution is -2.29. The highest BCUT2D eigenvalue weighted by Crippen LogP contribution is 2.49. The molecule has 0 aromatic heterocycles. The number of nitrogens with one attached hydrogen (secondary N) is 1. The lowest BCUT2D eigenvalue weighted by Gasteiger charge is -2.19. The van der Waals surface area contributed by atoms with Gasteiger partial charge in [-0.3, -0.25) is 18.4 Å². The molecule has 1 unspecified atom stereocenters. The van der Waals surface area contributed by atoms with Gasteiger partial charge in [0.05, 0.1) is 26.4 Å². The highest BCUT2D eigenvalue weighted by Gasteiger charge is 2.29. The molecule has 1 amide bonds. The maximum Gasteiger partial charge on any atom is 0.475 e. The average molecular weight is 674 g/mol. The Labute approximate surface area is 280 Å². The quantitative estimate of drug-likeness (QED) is 0.0480. The van der Waals surface area contributed by atoms with Crippen LogP contribution >= 0.6 is 7.82 Å². The Morgan fingerprint density at radius 3 is 2.21 bits per heavy atom. The molecular weight excluding hydrogens is 621 g/mol. The minimum Gasteiger partial charge on any atom is -0.462 e. The number of fused-ring (bicyclic) bond motifs is 3.